The quantitative estimate of drug-likeness (QED) is 0.728. The number of hydrogen-bond acceptors (Lipinski definition) is 2. The first-order valence-electron chi connectivity index (χ1n) is 4.45. The van der Waals surface area contributed by atoms with Gasteiger partial charge in [0.05, 0.1) is 11.0 Å². The van der Waals surface area contributed by atoms with E-state index in [0.29, 0.717) is 12.5 Å². The Morgan fingerprint density at radius 3 is 3.08 bits per heavy atom. The number of fused-ring (bicyclic) bond motifs is 1. The lowest BCUT2D eigenvalue weighted by Crippen LogP contribution is -2.10. The van der Waals surface area contributed by atoms with Crippen molar-refractivity contribution in [3.63, 3.8) is 0 Å². The second-order valence-corrected chi connectivity index (χ2v) is 3.28. The van der Waals surface area contributed by atoms with Crippen molar-refractivity contribution in [2.45, 2.75) is 12.8 Å². The number of hydrogen-bond donors (Lipinski definition) is 2. The highest BCUT2D eigenvalue weighted by Crippen LogP contribution is 2.15. The number of aromatic amines is 1. The van der Waals surface area contributed by atoms with E-state index in [1.54, 1.807) is 0 Å². The lowest BCUT2D eigenvalue weighted by Gasteiger charge is -2.06. The minimum absolute atomic E-state index is 0.333. The van der Waals surface area contributed by atoms with Crippen molar-refractivity contribution >= 4 is 11.0 Å². The SMILES string of the molecule is C[C@@H](CN)c1ccc2[nH]ccc2n1. The third-order valence-electron chi connectivity index (χ3n) is 2.28. The Morgan fingerprint density at radius 1 is 1.46 bits per heavy atom. The lowest BCUT2D eigenvalue weighted by atomic mass is 10.1. The number of nitrogens with two attached hydrogens (primary N) is 1. The van der Waals surface area contributed by atoms with Crippen LogP contribution in [0.4, 0.5) is 0 Å². The molecule has 0 spiro atoms. The van der Waals surface area contributed by atoms with Crippen LogP contribution in [0.5, 0.6) is 0 Å². The average molecular weight is 175 g/mol. The van der Waals surface area contributed by atoms with Gasteiger partial charge in [-0.2, -0.15) is 0 Å². The Labute approximate surface area is 77.0 Å². The van der Waals surface area contributed by atoms with E-state index in [0.717, 1.165) is 16.7 Å². The Kier molecular flexibility index (Phi) is 2.02. The summed E-state index contributed by atoms with van der Waals surface area (Å²) in [6.07, 6.45) is 1.90. The molecule has 0 radical (unpaired) electrons. The standard InChI is InChI=1S/C10H13N3/c1-7(6-11)8-2-3-9-10(13-8)4-5-12-9/h2-5,7,12H,6,11H2,1H3/t7-/m0/s1. The molecule has 0 unspecified atom stereocenters. The van der Waals surface area contributed by atoms with Gasteiger partial charge in [0.2, 0.25) is 0 Å². The van der Waals surface area contributed by atoms with Crippen molar-refractivity contribution < 1.29 is 0 Å². The van der Waals surface area contributed by atoms with Crippen molar-refractivity contribution in [3.05, 3.63) is 30.1 Å². The number of rotatable bonds is 2. The molecule has 0 aliphatic carbocycles. The zero-order valence-corrected chi connectivity index (χ0v) is 7.62. The van der Waals surface area contributed by atoms with Gasteiger partial charge in [0.15, 0.2) is 0 Å². The van der Waals surface area contributed by atoms with Gasteiger partial charge >= 0.3 is 0 Å². The Balaban J connectivity index is 2.48. The van der Waals surface area contributed by atoms with Crippen LogP contribution < -0.4 is 5.73 Å². The summed E-state index contributed by atoms with van der Waals surface area (Å²) in [5.74, 6) is 0.333. The molecule has 68 valence electrons. The van der Waals surface area contributed by atoms with E-state index in [2.05, 4.69) is 16.9 Å². The molecule has 3 heteroatoms. The maximum Gasteiger partial charge on any atom is 0.0882 e. The van der Waals surface area contributed by atoms with Crippen molar-refractivity contribution in [2.75, 3.05) is 6.54 Å². The molecule has 2 rings (SSSR count). The molecule has 0 aliphatic heterocycles. The number of nitrogens with zero attached hydrogens (tertiary/aromatic N) is 1. The third-order valence-corrected chi connectivity index (χ3v) is 2.28. The third kappa shape index (κ3) is 1.42. The molecule has 2 aromatic heterocycles. The van der Waals surface area contributed by atoms with Crippen LogP contribution in [0.1, 0.15) is 18.5 Å². The summed E-state index contributed by atoms with van der Waals surface area (Å²) >= 11 is 0. The predicted octanol–water partition coefficient (Wildman–Crippen LogP) is 1.63. The largest absolute Gasteiger partial charge is 0.360 e. The van der Waals surface area contributed by atoms with Gasteiger partial charge in [-0.05, 0) is 18.2 Å². The summed E-state index contributed by atoms with van der Waals surface area (Å²) in [6, 6.07) is 6.04. The van der Waals surface area contributed by atoms with Gasteiger partial charge in [0.1, 0.15) is 0 Å². The Hall–Kier alpha value is -1.35. The van der Waals surface area contributed by atoms with Crippen LogP contribution in [-0.2, 0) is 0 Å². The second kappa shape index (κ2) is 3.18. The molecular formula is C10H13N3. The fourth-order valence-electron chi connectivity index (χ4n) is 1.35. The van der Waals surface area contributed by atoms with Crippen molar-refractivity contribution in [1.82, 2.24) is 9.97 Å². The van der Waals surface area contributed by atoms with E-state index in [1.807, 2.05) is 24.4 Å². The zero-order chi connectivity index (χ0) is 9.26. The lowest BCUT2D eigenvalue weighted by molar-refractivity contribution is 0.750. The maximum atomic E-state index is 5.58. The molecule has 0 saturated heterocycles. The maximum absolute atomic E-state index is 5.58. The summed E-state index contributed by atoms with van der Waals surface area (Å²) in [6.45, 7) is 2.73. The summed E-state index contributed by atoms with van der Waals surface area (Å²) in [5, 5.41) is 0. The molecule has 0 saturated carbocycles. The predicted molar refractivity (Wildman–Crippen MR) is 53.6 cm³/mol. The molecular weight excluding hydrogens is 162 g/mol. The first-order chi connectivity index (χ1) is 6.31. The summed E-state index contributed by atoms with van der Waals surface area (Å²) < 4.78 is 0. The molecule has 1 atom stereocenters. The highest BCUT2D eigenvalue weighted by atomic mass is 14.8. The molecule has 0 amide bonds. The van der Waals surface area contributed by atoms with E-state index in [4.69, 9.17) is 5.73 Å². The fraction of sp³-hybridized carbons (Fsp3) is 0.300. The van der Waals surface area contributed by atoms with Crippen LogP contribution in [0.25, 0.3) is 11.0 Å². The van der Waals surface area contributed by atoms with Crippen molar-refractivity contribution in [1.29, 1.82) is 0 Å². The topological polar surface area (TPSA) is 54.7 Å². The van der Waals surface area contributed by atoms with Crippen molar-refractivity contribution in [3.8, 4) is 0 Å². The molecule has 2 aromatic rings. The van der Waals surface area contributed by atoms with Gasteiger partial charge in [-0.3, -0.25) is 4.98 Å². The van der Waals surface area contributed by atoms with Gasteiger partial charge in [0.25, 0.3) is 0 Å². The zero-order valence-electron chi connectivity index (χ0n) is 7.62. The number of aromatic nitrogens is 2. The molecule has 0 fully saturated rings. The van der Waals surface area contributed by atoms with Crippen LogP contribution in [0.15, 0.2) is 24.4 Å². The van der Waals surface area contributed by atoms with E-state index in [1.165, 1.54) is 0 Å². The van der Waals surface area contributed by atoms with Crippen LogP contribution in [0.2, 0.25) is 0 Å². The average Bonchev–Trinajstić information content (AvgIpc) is 2.63. The molecule has 0 aromatic carbocycles. The molecule has 13 heavy (non-hydrogen) atoms. The van der Waals surface area contributed by atoms with Crippen LogP contribution in [0.3, 0.4) is 0 Å². The summed E-state index contributed by atoms with van der Waals surface area (Å²) in [7, 11) is 0. The van der Waals surface area contributed by atoms with Crippen molar-refractivity contribution in [2.24, 2.45) is 5.73 Å². The van der Waals surface area contributed by atoms with Gasteiger partial charge in [0, 0.05) is 24.4 Å². The van der Waals surface area contributed by atoms with Gasteiger partial charge < -0.3 is 10.7 Å². The monoisotopic (exact) mass is 175 g/mol. The van der Waals surface area contributed by atoms with Crippen LogP contribution >= 0.6 is 0 Å². The van der Waals surface area contributed by atoms with Gasteiger partial charge in [-0.25, -0.2) is 0 Å². The summed E-state index contributed by atoms with van der Waals surface area (Å²) in [4.78, 5) is 7.60. The molecule has 2 heterocycles. The molecule has 0 bridgehead atoms. The first kappa shape index (κ1) is 8.26. The summed E-state index contributed by atoms with van der Waals surface area (Å²) in [5.41, 5.74) is 8.73. The smallest absolute Gasteiger partial charge is 0.0882 e. The van der Waals surface area contributed by atoms with Crippen LogP contribution in [0, 0.1) is 0 Å². The minimum atomic E-state index is 0.333. The highest BCUT2D eigenvalue weighted by molar-refractivity contribution is 5.74. The minimum Gasteiger partial charge on any atom is -0.360 e. The van der Waals surface area contributed by atoms with E-state index < -0.39 is 0 Å². The number of pyridine rings is 1. The Morgan fingerprint density at radius 2 is 2.31 bits per heavy atom. The molecule has 3 N–H and O–H groups in total. The van der Waals surface area contributed by atoms with E-state index >= 15 is 0 Å². The molecule has 3 nitrogen and oxygen atoms in total. The number of H-pyrrole nitrogens is 1. The van der Waals surface area contributed by atoms with E-state index in [9.17, 15) is 0 Å². The fourth-order valence-corrected chi connectivity index (χ4v) is 1.35. The Bertz CT molecular complexity index is 405. The van der Waals surface area contributed by atoms with Gasteiger partial charge in [-0.15, -0.1) is 0 Å². The normalized spacial score (nSPS) is 13.4. The first-order valence-corrected chi connectivity index (χ1v) is 4.45. The van der Waals surface area contributed by atoms with Crippen LogP contribution in [-0.4, -0.2) is 16.5 Å². The highest BCUT2D eigenvalue weighted by Gasteiger charge is 2.05. The molecule has 0 aliphatic rings. The second-order valence-electron chi connectivity index (χ2n) is 3.28. The number of nitrogens with one attached hydrogen (secondary N) is 1. The van der Waals surface area contributed by atoms with Gasteiger partial charge in [-0.1, -0.05) is 6.92 Å². The van der Waals surface area contributed by atoms with E-state index in [-0.39, 0.29) is 0 Å².